The summed E-state index contributed by atoms with van der Waals surface area (Å²) in [5, 5.41) is 14.4. The molecule has 9 nitrogen and oxygen atoms in total. The van der Waals surface area contributed by atoms with Crippen molar-refractivity contribution >= 4 is 28.5 Å². The highest BCUT2D eigenvalue weighted by Gasteiger charge is 2.45. The van der Waals surface area contributed by atoms with E-state index < -0.39 is 11.6 Å². The number of esters is 1. The van der Waals surface area contributed by atoms with E-state index >= 15 is 0 Å². The van der Waals surface area contributed by atoms with Crippen LogP contribution >= 0.6 is 0 Å². The first-order valence-corrected chi connectivity index (χ1v) is 9.97. The largest absolute Gasteiger partial charge is 0.458 e. The molecule has 1 amide bonds. The summed E-state index contributed by atoms with van der Waals surface area (Å²) in [6, 6.07) is 8.91. The summed E-state index contributed by atoms with van der Waals surface area (Å²) < 4.78 is 6.66. The minimum absolute atomic E-state index is 0.0872. The van der Waals surface area contributed by atoms with Crippen molar-refractivity contribution in [3.05, 3.63) is 57.4 Å². The Balaban J connectivity index is 1.71. The average Bonchev–Trinajstić information content (AvgIpc) is 3.13. The van der Waals surface area contributed by atoms with E-state index in [2.05, 4.69) is 5.32 Å². The van der Waals surface area contributed by atoms with Crippen molar-refractivity contribution in [1.29, 1.82) is 0 Å². The molecule has 0 aliphatic carbocycles. The van der Waals surface area contributed by atoms with E-state index in [1.807, 2.05) is 12.1 Å². The van der Waals surface area contributed by atoms with Crippen LogP contribution in [0.4, 0.5) is 5.69 Å². The molecule has 158 valence electrons. The fraction of sp³-hybridized carbons (Fsp3) is 0.273. The Kier molecular flexibility index (Phi) is 4.21. The van der Waals surface area contributed by atoms with Gasteiger partial charge in [-0.1, -0.05) is 13.0 Å². The summed E-state index contributed by atoms with van der Waals surface area (Å²) in [5.74, 6) is -1.07. The molecule has 2 aliphatic heterocycles. The molecule has 4 heterocycles. The number of rotatable bonds is 3. The number of benzene rings is 1. The highest BCUT2D eigenvalue weighted by atomic mass is 16.6. The SMILES string of the molecule is CC[C@]1(O)C(=O)OCc2c1cc1n(c2=O)Cc2cc3c(NC(=O)CN)cccc3nc2-1. The van der Waals surface area contributed by atoms with Crippen molar-refractivity contribution in [3.8, 4) is 11.4 Å². The molecule has 0 saturated carbocycles. The molecule has 0 radical (unpaired) electrons. The van der Waals surface area contributed by atoms with Gasteiger partial charge in [0.05, 0.1) is 41.2 Å². The van der Waals surface area contributed by atoms with Gasteiger partial charge < -0.3 is 25.5 Å². The van der Waals surface area contributed by atoms with Crippen LogP contribution in [0.25, 0.3) is 22.3 Å². The number of aromatic nitrogens is 2. The molecule has 0 spiro atoms. The van der Waals surface area contributed by atoms with Crippen molar-refractivity contribution in [2.75, 3.05) is 11.9 Å². The van der Waals surface area contributed by atoms with Crippen LogP contribution in [0.5, 0.6) is 0 Å². The lowest BCUT2D eigenvalue weighted by Crippen LogP contribution is -2.44. The van der Waals surface area contributed by atoms with Crippen LogP contribution in [-0.2, 0) is 33.1 Å². The van der Waals surface area contributed by atoms with Crippen molar-refractivity contribution in [3.63, 3.8) is 0 Å². The minimum Gasteiger partial charge on any atom is -0.458 e. The third kappa shape index (κ3) is 2.70. The number of nitrogens with two attached hydrogens (primary N) is 1. The van der Waals surface area contributed by atoms with E-state index in [9.17, 15) is 19.5 Å². The second-order valence-electron chi connectivity index (χ2n) is 7.72. The Morgan fingerprint density at radius 2 is 2.16 bits per heavy atom. The van der Waals surface area contributed by atoms with E-state index in [0.29, 0.717) is 22.6 Å². The molecular weight excluding hydrogens is 400 g/mol. The highest BCUT2D eigenvalue weighted by Crippen LogP contribution is 2.39. The fourth-order valence-corrected chi connectivity index (χ4v) is 4.31. The van der Waals surface area contributed by atoms with Gasteiger partial charge in [0.2, 0.25) is 5.91 Å². The van der Waals surface area contributed by atoms with Gasteiger partial charge in [-0.05, 0) is 30.7 Å². The number of hydrogen-bond acceptors (Lipinski definition) is 7. The van der Waals surface area contributed by atoms with Gasteiger partial charge in [-0.25, -0.2) is 9.78 Å². The van der Waals surface area contributed by atoms with Crippen LogP contribution in [0.3, 0.4) is 0 Å². The Bertz CT molecular complexity index is 1350. The number of fused-ring (bicyclic) bond motifs is 5. The summed E-state index contributed by atoms with van der Waals surface area (Å²) in [7, 11) is 0. The number of amides is 1. The standard InChI is InChI=1S/C22H20N4O5/c1-2-22(30)14-7-17-19-11(9-26(17)20(28)13(14)10-31-21(22)29)6-12-15(24-18(27)8-23)4-3-5-16(12)25-19/h3-7,30H,2,8-10,23H2,1H3,(H,24,27)/t22-/m1/s1. The van der Waals surface area contributed by atoms with Gasteiger partial charge in [-0.3, -0.25) is 9.59 Å². The molecule has 2 aromatic heterocycles. The van der Waals surface area contributed by atoms with Crippen LogP contribution in [0.1, 0.15) is 30.0 Å². The Hall–Kier alpha value is -3.56. The van der Waals surface area contributed by atoms with E-state index in [-0.39, 0.29) is 48.7 Å². The summed E-state index contributed by atoms with van der Waals surface area (Å²) >= 11 is 0. The molecule has 0 fully saturated rings. The van der Waals surface area contributed by atoms with Gasteiger partial charge in [0.25, 0.3) is 5.56 Å². The smallest absolute Gasteiger partial charge is 0.343 e. The second-order valence-corrected chi connectivity index (χ2v) is 7.72. The van der Waals surface area contributed by atoms with Gasteiger partial charge in [-0.15, -0.1) is 0 Å². The number of pyridine rings is 2. The molecule has 5 rings (SSSR count). The minimum atomic E-state index is -1.86. The summed E-state index contributed by atoms with van der Waals surface area (Å²) in [4.78, 5) is 42.0. The van der Waals surface area contributed by atoms with Gasteiger partial charge in [0, 0.05) is 16.5 Å². The van der Waals surface area contributed by atoms with Crippen molar-refractivity contribution < 1.29 is 19.4 Å². The maximum Gasteiger partial charge on any atom is 0.343 e. The first kappa shape index (κ1) is 19.4. The van der Waals surface area contributed by atoms with E-state index in [1.54, 1.807) is 29.7 Å². The third-order valence-corrected chi connectivity index (χ3v) is 6.01. The molecule has 9 heteroatoms. The number of nitrogens with zero attached hydrogens (tertiary/aromatic N) is 2. The molecule has 31 heavy (non-hydrogen) atoms. The zero-order valence-corrected chi connectivity index (χ0v) is 16.8. The van der Waals surface area contributed by atoms with E-state index in [0.717, 1.165) is 10.9 Å². The monoisotopic (exact) mass is 420 g/mol. The van der Waals surface area contributed by atoms with Crippen LogP contribution in [0, 0.1) is 0 Å². The predicted octanol–water partition coefficient (Wildman–Crippen LogP) is 0.977. The molecule has 4 N–H and O–H groups in total. The Morgan fingerprint density at radius 3 is 2.90 bits per heavy atom. The second kappa shape index (κ2) is 6.73. The molecule has 1 atom stereocenters. The highest BCUT2D eigenvalue weighted by molar-refractivity contribution is 6.02. The van der Waals surface area contributed by atoms with Gasteiger partial charge in [-0.2, -0.15) is 0 Å². The lowest BCUT2D eigenvalue weighted by atomic mass is 9.86. The van der Waals surface area contributed by atoms with Crippen molar-refractivity contribution in [1.82, 2.24) is 9.55 Å². The number of hydrogen-bond donors (Lipinski definition) is 3. The number of nitrogens with one attached hydrogen (secondary N) is 1. The number of ether oxygens (including phenoxy) is 1. The van der Waals surface area contributed by atoms with E-state index in [1.165, 1.54) is 0 Å². The summed E-state index contributed by atoms with van der Waals surface area (Å²) in [5.41, 5.74) is 6.96. The van der Waals surface area contributed by atoms with Crippen LogP contribution in [-0.4, -0.2) is 33.1 Å². The zero-order valence-electron chi connectivity index (χ0n) is 16.8. The van der Waals surface area contributed by atoms with E-state index in [4.69, 9.17) is 15.5 Å². The normalized spacial score (nSPS) is 18.9. The quantitative estimate of drug-likeness (QED) is 0.420. The van der Waals surface area contributed by atoms with Crippen molar-refractivity contribution in [2.45, 2.75) is 32.1 Å². The molecule has 3 aromatic rings. The Morgan fingerprint density at radius 1 is 1.35 bits per heavy atom. The van der Waals surface area contributed by atoms with Crippen LogP contribution in [0.2, 0.25) is 0 Å². The fourth-order valence-electron chi connectivity index (χ4n) is 4.31. The molecule has 2 aliphatic rings. The predicted molar refractivity (Wildman–Crippen MR) is 112 cm³/mol. The van der Waals surface area contributed by atoms with Crippen LogP contribution in [0.15, 0.2) is 35.1 Å². The third-order valence-electron chi connectivity index (χ3n) is 6.01. The number of anilines is 1. The first-order chi connectivity index (χ1) is 14.9. The number of carbonyl (C=O) groups is 2. The molecule has 0 unspecified atom stereocenters. The van der Waals surface area contributed by atoms with Gasteiger partial charge in [0.15, 0.2) is 5.60 Å². The lowest BCUT2D eigenvalue weighted by molar-refractivity contribution is -0.172. The molecule has 0 saturated heterocycles. The Labute approximate surface area is 176 Å². The number of cyclic esters (lactones) is 1. The maximum absolute atomic E-state index is 13.2. The lowest BCUT2D eigenvalue weighted by Gasteiger charge is -2.31. The van der Waals surface area contributed by atoms with Gasteiger partial charge in [0.1, 0.15) is 6.61 Å². The number of aliphatic hydroxyl groups is 1. The van der Waals surface area contributed by atoms with Crippen LogP contribution < -0.4 is 16.6 Å². The number of carbonyl (C=O) groups excluding carboxylic acids is 2. The van der Waals surface area contributed by atoms with Crippen molar-refractivity contribution in [2.24, 2.45) is 5.73 Å². The summed E-state index contributed by atoms with van der Waals surface area (Å²) in [6.07, 6.45) is 0.0872. The summed E-state index contributed by atoms with van der Waals surface area (Å²) in [6.45, 7) is 1.65. The topological polar surface area (TPSA) is 137 Å². The van der Waals surface area contributed by atoms with Gasteiger partial charge >= 0.3 is 5.97 Å². The maximum atomic E-state index is 13.2. The molecule has 0 bridgehead atoms. The average molecular weight is 420 g/mol. The molecule has 1 aromatic carbocycles. The first-order valence-electron chi connectivity index (χ1n) is 9.97. The molecular formula is C22H20N4O5. The zero-order chi connectivity index (χ0) is 21.9.